The second kappa shape index (κ2) is 2.76. The van der Waals surface area contributed by atoms with Crippen molar-refractivity contribution < 1.29 is 5.11 Å². The monoisotopic (exact) mass is 210 g/mol. The molecular formula is C12H22N2O. The van der Waals surface area contributed by atoms with Gasteiger partial charge in [0.2, 0.25) is 0 Å². The van der Waals surface area contributed by atoms with Gasteiger partial charge in [-0.2, -0.15) is 0 Å². The van der Waals surface area contributed by atoms with Crippen LogP contribution in [0.1, 0.15) is 20.8 Å². The summed E-state index contributed by atoms with van der Waals surface area (Å²) in [6.45, 7) is 12.3. The van der Waals surface area contributed by atoms with Crippen molar-refractivity contribution in [1.29, 1.82) is 0 Å². The molecule has 4 fully saturated rings. The molecule has 0 aromatic rings. The van der Waals surface area contributed by atoms with E-state index in [1.54, 1.807) is 0 Å². The summed E-state index contributed by atoms with van der Waals surface area (Å²) in [4.78, 5) is 5.06. The van der Waals surface area contributed by atoms with Crippen LogP contribution in [-0.4, -0.2) is 53.9 Å². The number of piperidine rings is 2. The Morgan fingerprint density at radius 3 is 2.13 bits per heavy atom. The highest BCUT2D eigenvalue weighted by Crippen LogP contribution is 2.52. The van der Waals surface area contributed by atoms with E-state index in [0.29, 0.717) is 5.92 Å². The molecule has 4 aliphatic heterocycles. The van der Waals surface area contributed by atoms with Gasteiger partial charge in [0.15, 0.2) is 0 Å². The molecule has 4 aliphatic rings. The normalized spacial score (nSPS) is 57.8. The molecule has 15 heavy (non-hydrogen) atoms. The number of rotatable bonds is 1. The molecule has 4 heterocycles. The summed E-state index contributed by atoms with van der Waals surface area (Å²) in [6.07, 6.45) is -0.113. The quantitative estimate of drug-likeness (QED) is 0.686. The SMILES string of the molecule is CC(C)C12CN3CN(CC(C)(C3)[C@@H]1O)C2. The lowest BCUT2D eigenvalue weighted by Gasteiger charge is -2.67. The zero-order chi connectivity index (χ0) is 10.8. The summed E-state index contributed by atoms with van der Waals surface area (Å²) in [6, 6.07) is 0. The van der Waals surface area contributed by atoms with E-state index in [2.05, 4.69) is 30.6 Å². The Morgan fingerprint density at radius 1 is 1.13 bits per heavy atom. The summed E-state index contributed by atoms with van der Waals surface area (Å²) >= 11 is 0. The molecule has 4 bridgehead atoms. The Labute approximate surface area is 92.1 Å². The van der Waals surface area contributed by atoms with Crippen molar-refractivity contribution in [2.24, 2.45) is 16.7 Å². The molecule has 0 spiro atoms. The van der Waals surface area contributed by atoms with Gasteiger partial charge in [0.25, 0.3) is 0 Å². The van der Waals surface area contributed by atoms with Crippen molar-refractivity contribution in [2.45, 2.75) is 26.9 Å². The molecule has 0 aromatic heterocycles. The largest absolute Gasteiger partial charge is 0.392 e. The molecule has 4 saturated heterocycles. The maximum absolute atomic E-state index is 10.7. The first-order chi connectivity index (χ1) is 6.96. The Hall–Kier alpha value is -0.120. The first-order valence-electron chi connectivity index (χ1n) is 6.09. The van der Waals surface area contributed by atoms with Crippen LogP contribution >= 0.6 is 0 Å². The number of aliphatic hydroxyl groups excluding tert-OH is 1. The highest BCUT2D eigenvalue weighted by atomic mass is 16.3. The average molecular weight is 210 g/mol. The van der Waals surface area contributed by atoms with Gasteiger partial charge in [0.1, 0.15) is 0 Å². The fourth-order valence-electron chi connectivity index (χ4n) is 4.27. The van der Waals surface area contributed by atoms with Gasteiger partial charge in [-0.3, -0.25) is 9.80 Å². The Balaban J connectivity index is 2.03. The Bertz CT molecular complexity index is 275. The van der Waals surface area contributed by atoms with Gasteiger partial charge in [0, 0.05) is 37.0 Å². The van der Waals surface area contributed by atoms with Crippen LogP contribution in [0.25, 0.3) is 0 Å². The molecule has 1 N–H and O–H groups in total. The molecule has 3 nitrogen and oxygen atoms in total. The molecule has 0 aliphatic carbocycles. The van der Waals surface area contributed by atoms with E-state index >= 15 is 0 Å². The minimum Gasteiger partial charge on any atom is -0.392 e. The lowest BCUT2D eigenvalue weighted by Crippen LogP contribution is -2.78. The molecular weight excluding hydrogens is 188 g/mol. The molecule has 86 valence electrons. The van der Waals surface area contributed by atoms with Gasteiger partial charge in [-0.1, -0.05) is 20.8 Å². The summed E-state index contributed by atoms with van der Waals surface area (Å²) in [5.74, 6) is 0.567. The van der Waals surface area contributed by atoms with E-state index in [1.807, 2.05) is 0 Å². The summed E-state index contributed by atoms with van der Waals surface area (Å²) in [5, 5.41) is 10.7. The Kier molecular flexibility index (Phi) is 1.85. The lowest BCUT2D eigenvalue weighted by molar-refractivity contribution is -0.245. The van der Waals surface area contributed by atoms with Crippen LogP contribution in [0.4, 0.5) is 0 Å². The highest BCUT2D eigenvalue weighted by Gasteiger charge is 2.61. The maximum atomic E-state index is 10.7. The van der Waals surface area contributed by atoms with E-state index in [4.69, 9.17) is 0 Å². The van der Waals surface area contributed by atoms with Gasteiger partial charge in [-0.05, 0) is 5.92 Å². The first kappa shape index (κ1) is 10.1. The van der Waals surface area contributed by atoms with Gasteiger partial charge >= 0.3 is 0 Å². The van der Waals surface area contributed by atoms with Crippen LogP contribution in [0, 0.1) is 16.7 Å². The van der Waals surface area contributed by atoms with Gasteiger partial charge in [-0.15, -0.1) is 0 Å². The Morgan fingerprint density at radius 2 is 1.67 bits per heavy atom. The second-order valence-electron chi connectivity index (χ2n) is 6.56. The summed E-state index contributed by atoms with van der Waals surface area (Å²) in [7, 11) is 0. The predicted octanol–water partition coefficient (Wildman–Crippen LogP) is 0.598. The van der Waals surface area contributed by atoms with E-state index in [1.165, 1.54) is 0 Å². The zero-order valence-corrected chi connectivity index (χ0v) is 10.0. The van der Waals surface area contributed by atoms with Crippen molar-refractivity contribution in [3.63, 3.8) is 0 Å². The smallest absolute Gasteiger partial charge is 0.0701 e. The molecule has 2 unspecified atom stereocenters. The third-order valence-corrected chi connectivity index (χ3v) is 4.96. The molecule has 0 radical (unpaired) electrons. The second-order valence-corrected chi connectivity index (χ2v) is 6.56. The highest BCUT2D eigenvalue weighted by molar-refractivity contribution is 5.13. The van der Waals surface area contributed by atoms with E-state index < -0.39 is 0 Å². The average Bonchev–Trinajstić information content (AvgIpc) is 2.12. The third kappa shape index (κ3) is 1.12. The van der Waals surface area contributed by atoms with Crippen LogP contribution in [-0.2, 0) is 0 Å². The van der Waals surface area contributed by atoms with E-state index in [9.17, 15) is 5.11 Å². The van der Waals surface area contributed by atoms with Gasteiger partial charge in [-0.25, -0.2) is 0 Å². The van der Waals surface area contributed by atoms with E-state index in [0.717, 1.165) is 32.8 Å². The van der Waals surface area contributed by atoms with Crippen LogP contribution in [0.5, 0.6) is 0 Å². The van der Waals surface area contributed by atoms with Crippen LogP contribution in [0.2, 0.25) is 0 Å². The topological polar surface area (TPSA) is 26.7 Å². The van der Waals surface area contributed by atoms with Gasteiger partial charge < -0.3 is 5.11 Å². The molecule has 0 amide bonds. The number of hydrogen-bond donors (Lipinski definition) is 1. The van der Waals surface area contributed by atoms with Crippen molar-refractivity contribution in [3.05, 3.63) is 0 Å². The first-order valence-corrected chi connectivity index (χ1v) is 6.09. The van der Waals surface area contributed by atoms with Crippen LogP contribution in [0.15, 0.2) is 0 Å². The maximum Gasteiger partial charge on any atom is 0.0701 e. The minimum absolute atomic E-state index is 0.110. The number of aliphatic hydroxyl groups is 1. The third-order valence-electron chi connectivity index (χ3n) is 4.96. The standard InChI is InChI=1S/C12H22N2O/c1-9(2)12-6-13-4-11(3,10(12)15)5-14(7-12)8-13/h9-10,15H,4-8H2,1-3H3/t10-,11?,12?/m0/s1. The van der Waals surface area contributed by atoms with Crippen LogP contribution in [0.3, 0.4) is 0 Å². The summed E-state index contributed by atoms with van der Waals surface area (Å²) < 4.78 is 0. The summed E-state index contributed by atoms with van der Waals surface area (Å²) in [5.41, 5.74) is 0.239. The molecule has 3 atom stereocenters. The number of nitrogens with zero attached hydrogens (tertiary/aromatic N) is 2. The van der Waals surface area contributed by atoms with Crippen molar-refractivity contribution >= 4 is 0 Å². The lowest BCUT2D eigenvalue weighted by atomic mass is 9.57. The molecule has 4 rings (SSSR count). The minimum atomic E-state index is -0.113. The fourth-order valence-corrected chi connectivity index (χ4v) is 4.27. The molecule has 0 saturated carbocycles. The predicted molar refractivity (Wildman–Crippen MR) is 59.4 cm³/mol. The fraction of sp³-hybridized carbons (Fsp3) is 1.00. The van der Waals surface area contributed by atoms with Crippen molar-refractivity contribution in [1.82, 2.24) is 9.80 Å². The zero-order valence-electron chi connectivity index (χ0n) is 10.0. The molecule has 3 heteroatoms. The molecule has 0 aromatic carbocycles. The van der Waals surface area contributed by atoms with Crippen LogP contribution < -0.4 is 0 Å². The number of hydrogen-bond acceptors (Lipinski definition) is 3. The van der Waals surface area contributed by atoms with Crippen molar-refractivity contribution in [3.8, 4) is 0 Å². The van der Waals surface area contributed by atoms with Crippen molar-refractivity contribution in [2.75, 3.05) is 32.8 Å². The van der Waals surface area contributed by atoms with E-state index in [-0.39, 0.29) is 16.9 Å². The van der Waals surface area contributed by atoms with Gasteiger partial charge in [0.05, 0.1) is 12.8 Å².